The molecule has 3 aromatic rings. The Balaban J connectivity index is 1.94. The monoisotopic (exact) mass is 501 g/mol. The zero-order valence-corrected chi connectivity index (χ0v) is 18.2. The molecule has 3 N–H and O–H groups in total. The molecule has 14 heteroatoms. The van der Waals surface area contributed by atoms with Crippen LogP contribution in [0, 0.1) is 0 Å². The third-order valence-electron chi connectivity index (χ3n) is 4.01. The number of hydrogen-bond acceptors (Lipinski definition) is 8. The van der Waals surface area contributed by atoms with Gasteiger partial charge in [0, 0.05) is 16.8 Å². The van der Waals surface area contributed by atoms with Gasteiger partial charge in [-0.1, -0.05) is 11.6 Å². The fourth-order valence-corrected chi connectivity index (χ4v) is 3.33. The predicted molar refractivity (Wildman–Crippen MR) is 114 cm³/mol. The number of ether oxygens (including phenoxy) is 1. The standard InChI is InChI=1S/C19H15ClF3N5O4S/c1-24-33(30,31)13-6-7-15(32-18(29)19(21,22)23)14(8-13)28-17-9-16(25-10-26-17)27-12-4-2-11(20)3-5-12/h2-10,24H,1H3,(H2,25,26,27,28). The molecule has 0 fully saturated rings. The van der Waals surface area contributed by atoms with Gasteiger partial charge in [-0.3, -0.25) is 0 Å². The zero-order valence-electron chi connectivity index (χ0n) is 16.6. The number of anilines is 4. The van der Waals surface area contributed by atoms with Gasteiger partial charge < -0.3 is 15.4 Å². The Labute approximate surface area is 191 Å². The highest BCUT2D eigenvalue weighted by molar-refractivity contribution is 7.89. The van der Waals surface area contributed by atoms with E-state index in [1.54, 1.807) is 24.3 Å². The molecule has 0 amide bonds. The molecular weight excluding hydrogens is 487 g/mol. The molecule has 0 unspecified atom stereocenters. The van der Waals surface area contributed by atoms with Gasteiger partial charge in [-0.05, 0) is 49.5 Å². The number of rotatable bonds is 7. The van der Waals surface area contributed by atoms with Crippen LogP contribution in [0.25, 0.3) is 0 Å². The summed E-state index contributed by atoms with van der Waals surface area (Å²) in [6.45, 7) is 0. The molecule has 3 rings (SSSR count). The van der Waals surface area contributed by atoms with E-state index < -0.39 is 27.9 Å². The molecule has 1 heterocycles. The van der Waals surface area contributed by atoms with Gasteiger partial charge in [-0.15, -0.1) is 0 Å². The second kappa shape index (κ2) is 9.60. The lowest BCUT2D eigenvalue weighted by Gasteiger charge is -2.15. The highest BCUT2D eigenvalue weighted by Gasteiger charge is 2.41. The number of alkyl halides is 3. The first-order valence-electron chi connectivity index (χ1n) is 8.96. The number of hydrogen-bond donors (Lipinski definition) is 3. The van der Waals surface area contributed by atoms with E-state index in [9.17, 15) is 26.4 Å². The van der Waals surface area contributed by atoms with Gasteiger partial charge in [0.05, 0.1) is 10.6 Å². The van der Waals surface area contributed by atoms with Gasteiger partial charge in [0.15, 0.2) is 5.75 Å². The molecule has 1 aromatic heterocycles. The van der Waals surface area contributed by atoms with Crippen molar-refractivity contribution in [3.63, 3.8) is 0 Å². The fourth-order valence-electron chi connectivity index (χ4n) is 2.45. The molecule has 0 bridgehead atoms. The number of esters is 1. The Bertz CT molecular complexity index is 1270. The van der Waals surface area contributed by atoms with Gasteiger partial charge in [0.1, 0.15) is 18.0 Å². The molecule has 0 saturated carbocycles. The first-order valence-corrected chi connectivity index (χ1v) is 10.8. The molecule has 9 nitrogen and oxygen atoms in total. The lowest BCUT2D eigenvalue weighted by Crippen LogP contribution is -2.28. The minimum Gasteiger partial charge on any atom is -0.418 e. The Morgan fingerprint density at radius 2 is 1.64 bits per heavy atom. The van der Waals surface area contributed by atoms with E-state index in [1.807, 2.05) is 0 Å². The number of aromatic nitrogens is 2. The molecule has 0 aliphatic carbocycles. The summed E-state index contributed by atoms with van der Waals surface area (Å²) in [5, 5.41) is 6.16. The quantitative estimate of drug-likeness (QED) is 0.328. The lowest BCUT2D eigenvalue weighted by molar-refractivity contribution is -0.189. The van der Waals surface area contributed by atoms with Crippen molar-refractivity contribution in [3.8, 4) is 5.75 Å². The van der Waals surface area contributed by atoms with Crippen molar-refractivity contribution in [2.45, 2.75) is 11.1 Å². The molecule has 0 atom stereocenters. The molecule has 0 saturated heterocycles. The van der Waals surface area contributed by atoms with Crippen molar-refractivity contribution in [3.05, 3.63) is 59.9 Å². The molecule has 0 aliphatic heterocycles. The van der Waals surface area contributed by atoms with Crippen LogP contribution in [0.2, 0.25) is 5.02 Å². The first kappa shape index (κ1) is 24.2. The van der Waals surface area contributed by atoms with E-state index in [1.165, 1.54) is 13.1 Å². The van der Waals surface area contributed by atoms with E-state index >= 15 is 0 Å². The summed E-state index contributed by atoms with van der Waals surface area (Å²) in [6, 6.07) is 11.0. The van der Waals surface area contributed by atoms with Gasteiger partial charge >= 0.3 is 12.1 Å². The predicted octanol–water partition coefficient (Wildman–Crippen LogP) is 3.99. The van der Waals surface area contributed by atoms with Crippen molar-refractivity contribution in [1.82, 2.24) is 14.7 Å². The number of nitrogens with one attached hydrogen (secondary N) is 3. The summed E-state index contributed by atoms with van der Waals surface area (Å²) in [5.74, 6) is -2.65. The smallest absolute Gasteiger partial charge is 0.418 e. The van der Waals surface area contributed by atoms with E-state index in [0.717, 1.165) is 24.5 Å². The minimum atomic E-state index is -5.25. The topological polar surface area (TPSA) is 122 Å². The van der Waals surface area contributed by atoms with Crippen LogP contribution in [-0.4, -0.2) is 37.6 Å². The van der Waals surface area contributed by atoms with E-state index in [0.29, 0.717) is 16.5 Å². The van der Waals surface area contributed by atoms with Crippen LogP contribution in [0.5, 0.6) is 5.75 Å². The van der Waals surface area contributed by atoms with Crippen LogP contribution in [0.3, 0.4) is 0 Å². The number of nitrogens with zero attached hydrogens (tertiary/aromatic N) is 2. The highest BCUT2D eigenvalue weighted by atomic mass is 35.5. The van der Waals surface area contributed by atoms with Crippen LogP contribution in [-0.2, 0) is 14.8 Å². The lowest BCUT2D eigenvalue weighted by atomic mass is 10.3. The van der Waals surface area contributed by atoms with E-state index in [-0.39, 0.29) is 16.4 Å². The SMILES string of the molecule is CNS(=O)(=O)c1ccc(OC(=O)C(F)(F)F)c(Nc2cc(Nc3ccc(Cl)cc3)ncn2)c1. The second-order valence-electron chi connectivity index (χ2n) is 6.30. The fraction of sp³-hybridized carbons (Fsp3) is 0.105. The molecule has 0 aliphatic rings. The average molecular weight is 502 g/mol. The van der Waals surface area contributed by atoms with Crippen LogP contribution in [0.1, 0.15) is 0 Å². The van der Waals surface area contributed by atoms with Gasteiger partial charge in [-0.2, -0.15) is 13.2 Å². The maximum absolute atomic E-state index is 12.7. The van der Waals surface area contributed by atoms with Crippen LogP contribution in [0.4, 0.5) is 36.2 Å². The van der Waals surface area contributed by atoms with Gasteiger partial charge in [0.2, 0.25) is 10.0 Å². The van der Waals surface area contributed by atoms with E-state index in [2.05, 4.69) is 30.1 Å². The minimum absolute atomic E-state index is 0.0739. The van der Waals surface area contributed by atoms with E-state index in [4.69, 9.17) is 11.6 Å². The maximum atomic E-state index is 12.7. The average Bonchev–Trinajstić information content (AvgIpc) is 2.76. The summed E-state index contributed by atoms with van der Waals surface area (Å²) >= 11 is 5.85. The summed E-state index contributed by atoms with van der Waals surface area (Å²) in [7, 11) is -2.78. The molecule has 33 heavy (non-hydrogen) atoms. The Kier molecular flexibility index (Phi) is 7.05. The number of halogens is 4. The van der Waals surface area contributed by atoms with Crippen LogP contribution in [0.15, 0.2) is 59.8 Å². The van der Waals surface area contributed by atoms with Crippen LogP contribution >= 0.6 is 11.6 Å². The second-order valence-corrected chi connectivity index (χ2v) is 8.62. The third-order valence-corrected chi connectivity index (χ3v) is 5.67. The maximum Gasteiger partial charge on any atom is 0.491 e. The van der Waals surface area contributed by atoms with Gasteiger partial charge in [0.25, 0.3) is 0 Å². The summed E-state index contributed by atoms with van der Waals surface area (Å²) in [5.41, 5.74) is 0.394. The Morgan fingerprint density at radius 3 is 2.24 bits per heavy atom. The number of carbonyl (C=O) groups is 1. The van der Waals surface area contributed by atoms with Crippen molar-refractivity contribution in [1.29, 1.82) is 0 Å². The summed E-state index contributed by atoms with van der Waals surface area (Å²) in [4.78, 5) is 19.0. The molecule has 174 valence electrons. The Morgan fingerprint density at radius 1 is 1.00 bits per heavy atom. The van der Waals surface area contributed by atoms with Gasteiger partial charge in [-0.25, -0.2) is 27.9 Å². The zero-order chi connectivity index (χ0) is 24.2. The molecule has 0 spiro atoms. The van der Waals surface area contributed by atoms with Crippen molar-refractivity contribution < 1.29 is 31.1 Å². The summed E-state index contributed by atoms with van der Waals surface area (Å²) < 4.78 is 68.7. The van der Waals surface area contributed by atoms with Crippen molar-refractivity contribution in [2.75, 3.05) is 17.7 Å². The Hall–Kier alpha value is -3.42. The number of benzene rings is 2. The normalized spacial score (nSPS) is 11.7. The summed E-state index contributed by atoms with van der Waals surface area (Å²) in [6.07, 6.45) is -4.09. The molecule has 0 radical (unpaired) electrons. The van der Waals surface area contributed by atoms with Crippen molar-refractivity contribution >= 4 is 50.6 Å². The number of sulfonamides is 1. The highest BCUT2D eigenvalue weighted by Crippen LogP contribution is 2.32. The number of carbonyl (C=O) groups excluding carboxylic acids is 1. The first-order chi connectivity index (χ1) is 15.5. The molecular formula is C19H15ClF3N5O4S. The van der Waals surface area contributed by atoms with Crippen LogP contribution < -0.4 is 20.1 Å². The largest absolute Gasteiger partial charge is 0.491 e. The third kappa shape index (κ3) is 6.31. The van der Waals surface area contributed by atoms with Crippen molar-refractivity contribution in [2.24, 2.45) is 0 Å². The molecule has 2 aromatic carbocycles.